The van der Waals surface area contributed by atoms with Gasteiger partial charge in [-0.1, -0.05) is 18.2 Å². The van der Waals surface area contributed by atoms with Crippen LogP contribution in [0, 0.1) is 18.6 Å². The largest absolute Gasteiger partial charge is 0.495 e. The van der Waals surface area contributed by atoms with Gasteiger partial charge in [0.15, 0.2) is 17.2 Å². The molecular formula is C26H25F2N3O3. The van der Waals surface area contributed by atoms with Crippen molar-refractivity contribution in [2.24, 2.45) is 0 Å². The molecule has 1 amide bonds. The number of piperazine rings is 1. The minimum atomic E-state index is -0.912. The molecule has 0 spiro atoms. The van der Waals surface area contributed by atoms with Crippen molar-refractivity contribution in [3.05, 3.63) is 83.2 Å². The van der Waals surface area contributed by atoms with E-state index in [9.17, 15) is 13.6 Å². The molecule has 5 rings (SSSR count). The lowest BCUT2D eigenvalue weighted by Crippen LogP contribution is -2.49. The molecule has 0 N–H and O–H groups in total. The van der Waals surface area contributed by atoms with Gasteiger partial charge in [0, 0.05) is 44.9 Å². The molecule has 0 aliphatic carbocycles. The Labute approximate surface area is 195 Å². The Kier molecular flexibility index (Phi) is 5.73. The summed E-state index contributed by atoms with van der Waals surface area (Å²) < 4.78 is 40.3. The molecule has 34 heavy (non-hydrogen) atoms. The van der Waals surface area contributed by atoms with Crippen LogP contribution in [0.4, 0.5) is 14.5 Å². The van der Waals surface area contributed by atoms with E-state index in [1.54, 1.807) is 13.2 Å². The predicted octanol–water partition coefficient (Wildman–Crippen LogP) is 4.84. The first kappa shape index (κ1) is 22.0. The minimum Gasteiger partial charge on any atom is -0.495 e. The molecule has 4 aromatic rings. The van der Waals surface area contributed by atoms with Gasteiger partial charge in [0.25, 0.3) is 5.91 Å². The third-order valence-corrected chi connectivity index (χ3v) is 6.25. The number of anilines is 1. The molecule has 2 aromatic heterocycles. The summed E-state index contributed by atoms with van der Waals surface area (Å²) in [6.45, 7) is 4.50. The summed E-state index contributed by atoms with van der Waals surface area (Å²) in [6, 6.07) is 15.2. The summed E-state index contributed by atoms with van der Waals surface area (Å²) in [7, 11) is 1.65. The fraction of sp³-hybridized carbons (Fsp3) is 0.269. The molecule has 8 heteroatoms. The van der Waals surface area contributed by atoms with Crippen LogP contribution < -0.4 is 9.64 Å². The summed E-state index contributed by atoms with van der Waals surface area (Å²) >= 11 is 0. The number of hydrogen-bond acceptors (Lipinski definition) is 4. The number of rotatable bonds is 5. The van der Waals surface area contributed by atoms with Crippen LogP contribution in [0.15, 0.2) is 59.0 Å². The van der Waals surface area contributed by atoms with E-state index in [-0.39, 0.29) is 12.5 Å². The molecule has 3 heterocycles. The van der Waals surface area contributed by atoms with Gasteiger partial charge in [-0.15, -0.1) is 0 Å². The van der Waals surface area contributed by atoms with Crippen molar-refractivity contribution >= 4 is 22.7 Å². The number of aryl methyl sites for hydroxylation is 1. The first-order valence-corrected chi connectivity index (χ1v) is 11.2. The topological polar surface area (TPSA) is 50.9 Å². The average Bonchev–Trinajstić information content (AvgIpc) is 3.37. The zero-order valence-corrected chi connectivity index (χ0v) is 19.1. The van der Waals surface area contributed by atoms with Crippen molar-refractivity contribution in [3.63, 3.8) is 0 Å². The Hall–Kier alpha value is -3.81. The highest BCUT2D eigenvalue weighted by Crippen LogP contribution is 2.30. The van der Waals surface area contributed by atoms with Crippen LogP contribution in [0.1, 0.15) is 21.8 Å². The fourth-order valence-corrected chi connectivity index (χ4v) is 4.54. The van der Waals surface area contributed by atoms with E-state index >= 15 is 0 Å². The second kappa shape index (κ2) is 8.85. The lowest BCUT2D eigenvalue weighted by Gasteiger charge is -2.36. The summed E-state index contributed by atoms with van der Waals surface area (Å²) in [6.07, 6.45) is 0. The van der Waals surface area contributed by atoms with E-state index in [0.29, 0.717) is 48.8 Å². The van der Waals surface area contributed by atoms with Gasteiger partial charge in [-0.2, -0.15) is 0 Å². The van der Waals surface area contributed by atoms with Gasteiger partial charge in [0.2, 0.25) is 0 Å². The van der Waals surface area contributed by atoms with Crippen molar-refractivity contribution in [3.8, 4) is 5.75 Å². The van der Waals surface area contributed by atoms with Gasteiger partial charge < -0.3 is 23.5 Å². The third-order valence-electron chi connectivity index (χ3n) is 6.25. The number of benzene rings is 2. The van der Waals surface area contributed by atoms with E-state index in [1.165, 1.54) is 6.07 Å². The number of carbonyl (C=O) groups is 1. The molecule has 176 valence electrons. The van der Waals surface area contributed by atoms with Crippen molar-refractivity contribution in [1.29, 1.82) is 0 Å². The van der Waals surface area contributed by atoms with Gasteiger partial charge in [0.1, 0.15) is 17.2 Å². The van der Waals surface area contributed by atoms with Crippen LogP contribution in [0.25, 0.3) is 11.1 Å². The van der Waals surface area contributed by atoms with Gasteiger partial charge in [-0.25, -0.2) is 8.78 Å². The molecule has 0 radical (unpaired) electrons. The Bertz CT molecular complexity index is 1350. The molecule has 2 aromatic carbocycles. The first-order valence-electron chi connectivity index (χ1n) is 11.2. The van der Waals surface area contributed by atoms with Crippen molar-refractivity contribution < 1.29 is 22.7 Å². The number of methoxy groups -OCH3 is 1. The van der Waals surface area contributed by atoms with Crippen molar-refractivity contribution in [1.82, 2.24) is 9.47 Å². The number of aromatic nitrogens is 1. The zero-order valence-electron chi connectivity index (χ0n) is 19.1. The smallest absolute Gasteiger partial charge is 0.270 e. The zero-order chi connectivity index (χ0) is 23.8. The highest BCUT2D eigenvalue weighted by atomic mass is 19.2. The monoisotopic (exact) mass is 465 g/mol. The molecule has 0 bridgehead atoms. The Balaban J connectivity index is 1.40. The second-order valence-corrected chi connectivity index (χ2v) is 8.42. The quantitative estimate of drug-likeness (QED) is 0.423. The van der Waals surface area contributed by atoms with E-state index in [1.807, 2.05) is 46.7 Å². The number of carbonyl (C=O) groups excluding carboxylic acids is 1. The van der Waals surface area contributed by atoms with Crippen molar-refractivity contribution in [2.75, 3.05) is 38.2 Å². The number of furan rings is 1. The molecule has 0 unspecified atom stereocenters. The summed E-state index contributed by atoms with van der Waals surface area (Å²) in [4.78, 5) is 17.6. The number of para-hydroxylation sites is 2. The third kappa shape index (κ3) is 4.00. The standard InChI is InChI=1S/C26H25F2N3O3/c1-17-13-22-25(34-17)15-23(31(22)16-18-7-8-19(27)20(28)14-18)26(32)30-11-9-29(10-12-30)21-5-3-4-6-24(21)33-2/h3-8,13-15H,9-12,16H2,1-2H3. The maximum Gasteiger partial charge on any atom is 0.270 e. The van der Waals surface area contributed by atoms with Crippen LogP contribution in [-0.2, 0) is 6.54 Å². The van der Waals surface area contributed by atoms with E-state index < -0.39 is 11.6 Å². The fourth-order valence-electron chi connectivity index (χ4n) is 4.54. The second-order valence-electron chi connectivity index (χ2n) is 8.42. The maximum absolute atomic E-state index is 13.8. The molecular weight excluding hydrogens is 440 g/mol. The Morgan fingerprint density at radius 3 is 2.50 bits per heavy atom. The molecule has 6 nitrogen and oxygen atoms in total. The van der Waals surface area contributed by atoms with Crippen molar-refractivity contribution in [2.45, 2.75) is 13.5 Å². The molecule has 0 atom stereocenters. The normalized spacial score (nSPS) is 14.1. The molecule has 1 saturated heterocycles. The van der Waals surface area contributed by atoms with Crippen LogP contribution in [0.5, 0.6) is 5.75 Å². The highest BCUT2D eigenvalue weighted by molar-refractivity contribution is 5.98. The molecule has 1 aliphatic heterocycles. The van der Waals surface area contributed by atoms with Crippen LogP contribution in [0.3, 0.4) is 0 Å². The number of hydrogen-bond donors (Lipinski definition) is 0. The first-order chi connectivity index (χ1) is 16.4. The lowest BCUT2D eigenvalue weighted by atomic mass is 10.2. The molecule has 1 fully saturated rings. The van der Waals surface area contributed by atoms with Crippen LogP contribution >= 0.6 is 0 Å². The maximum atomic E-state index is 13.8. The van der Waals surface area contributed by atoms with Gasteiger partial charge >= 0.3 is 0 Å². The van der Waals surface area contributed by atoms with Crippen LogP contribution in [0.2, 0.25) is 0 Å². The Morgan fingerprint density at radius 2 is 1.76 bits per heavy atom. The minimum absolute atomic E-state index is 0.119. The Morgan fingerprint density at radius 1 is 1.00 bits per heavy atom. The van der Waals surface area contributed by atoms with E-state index in [4.69, 9.17) is 9.15 Å². The summed E-state index contributed by atoms with van der Waals surface area (Å²) in [5.74, 6) is -0.410. The number of ether oxygens (including phenoxy) is 1. The predicted molar refractivity (Wildman–Crippen MR) is 126 cm³/mol. The average molecular weight is 466 g/mol. The number of amides is 1. The van der Waals surface area contributed by atoms with Gasteiger partial charge in [-0.3, -0.25) is 4.79 Å². The molecule has 0 saturated carbocycles. The van der Waals surface area contributed by atoms with Gasteiger partial charge in [-0.05, 0) is 36.8 Å². The number of fused-ring (bicyclic) bond motifs is 1. The SMILES string of the molecule is COc1ccccc1N1CCN(C(=O)c2cc3oc(C)cc3n2Cc2ccc(F)c(F)c2)CC1. The molecule has 1 aliphatic rings. The van der Waals surface area contributed by atoms with E-state index in [0.717, 1.165) is 29.1 Å². The summed E-state index contributed by atoms with van der Waals surface area (Å²) in [5.41, 5.74) is 3.37. The van der Waals surface area contributed by atoms with E-state index in [2.05, 4.69) is 4.90 Å². The number of halogens is 2. The highest BCUT2D eigenvalue weighted by Gasteiger charge is 2.27. The van der Waals surface area contributed by atoms with Gasteiger partial charge in [0.05, 0.1) is 18.3 Å². The lowest BCUT2D eigenvalue weighted by molar-refractivity contribution is 0.0736. The number of nitrogens with zero attached hydrogens (tertiary/aromatic N) is 3. The van der Waals surface area contributed by atoms with Crippen LogP contribution in [-0.4, -0.2) is 48.7 Å². The summed E-state index contributed by atoms with van der Waals surface area (Å²) in [5, 5.41) is 0.